The molecule has 0 saturated carbocycles. The van der Waals surface area contributed by atoms with Crippen LogP contribution >= 0.6 is 0 Å². The van der Waals surface area contributed by atoms with E-state index in [9.17, 15) is 18.4 Å². The topological polar surface area (TPSA) is 119 Å². The zero-order valence-corrected chi connectivity index (χ0v) is 18.6. The Kier molecular flexibility index (Phi) is 7.91. The van der Waals surface area contributed by atoms with Gasteiger partial charge in [0.2, 0.25) is 17.8 Å². The standard InChI is InChI=1S/C21H26F2N6O4/c1-12(30)24-17(11-13-4-5-15(22)16(23)10-13)18(31)25-14-6-8-29(9-7-14)19-26-20(32-2)28-21(27-19)33-3/h4-5,10,14,17H,6-9,11H2,1-3H3,(H,24,30)(H,25,31)/t17-/m0/s1. The van der Waals surface area contributed by atoms with Gasteiger partial charge in [-0.15, -0.1) is 4.98 Å². The molecule has 178 valence electrons. The summed E-state index contributed by atoms with van der Waals surface area (Å²) in [4.78, 5) is 38.8. The Bertz CT molecular complexity index is 978. The second-order valence-corrected chi connectivity index (χ2v) is 7.58. The average Bonchev–Trinajstić information content (AvgIpc) is 2.80. The van der Waals surface area contributed by atoms with E-state index in [0.717, 1.165) is 12.1 Å². The second-order valence-electron chi connectivity index (χ2n) is 7.58. The molecule has 0 radical (unpaired) electrons. The first-order chi connectivity index (χ1) is 15.8. The Labute approximate surface area is 189 Å². The molecule has 1 saturated heterocycles. The molecule has 1 atom stereocenters. The number of piperidine rings is 1. The van der Waals surface area contributed by atoms with Crippen molar-refractivity contribution in [3.05, 3.63) is 35.4 Å². The average molecular weight is 464 g/mol. The molecule has 1 aromatic heterocycles. The number of carbonyl (C=O) groups is 2. The van der Waals surface area contributed by atoms with Crippen LogP contribution in [0.2, 0.25) is 0 Å². The van der Waals surface area contributed by atoms with Crippen LogP contribution in [0, 0.1) is 11.6 Å². The lowest BCUT2D eigenvalue weighted by Crippen LogP contribution is -2.52. The fraction of sp³-hybridized carbons (Fsp3) is 0.476. The highest BCUT2D eigenvalue weighted by Gasteiger charge is 2.27. The summed E-state index contributed by atoms with van der Waals surface area (Å²) in [5, 5.41) is 5.52. The van der Waals surface area contributed by atoms with E-state index in [2.05, 4.69) is 25.6 Å². The van der Waals surface area contributed by atoms with Gasteiger partial charge < -0.3 is 25.0 Å². The van der Waals surface area contributed by atoms with Gasteiger partial charge in [0.15, 0.2) is 11.6 Å². The van der Waals surface area contributed by atoms with Crippen LogP contribution < -0.4 is 25.0 Å². The minimum atomic E-state index is -1.01. The molecular formula is C21H26F2N6O4. The second kappa shape index (κ2) is 10.8. The predicted molar refractivity (Wildman–Crippen MR) is 114 cm³/mol. The third-order valence-corrected chi connectivity index (χ3v) is 5.19. The molecule has 12 heteroatoms. The first-order valence-corrected chi connectivity index (χ1v) is 10.4. The molecule has 33 heavy (non-hydrogen) atoms. The fourth-order valence-corrected chi connectivity index (χ4v) is 3.53. The van der Waals surface area contributed by atoms with Crippen LogP contribution in [0.1, 0.15) is 25.3 Å². The van der Waals surface area contributed by atoms with Crippen molar-refractivity contribution in [2.24, 2.45) is 0 Å². The highest BCUT2D eigenvalue weighted by Crippen LogP contribution is 2.20. The summed E-state index contributed by atoms with van der Waals surface area (Å²) in [7, 11) is 2.90. The summed E-state index contributed by atoms with van der Waals surface area (Å²) in [5.74, 6) is -2.35. The molecule has 0 bridgehead atoms. The van der Waals surface area contributed by atoms with E-state index in [1.807, 2.05) is 4.90 Å². The molecule has 2 N–H and O–H groups in total. The summed E-state index contributed by atoms with van der Waals surface area (Å²) >= 11 is 0. The summed E-state index contributed by atoms with van der Waals surface area (Å²) in [6.07, 6.45) is 1.26. The number of benzene rings is 1. The summed E-state index contributed by atoms with van der Waals surface area (Å²) in [6.45, 7) is 2.42. The zero-order chi connectivity index (χ0) is 24.0. The molecule has 0 spiro atoms. The zero-order valence-electron chi connectivity index (χ0n) is 18.6. The van der Waals surface area contributed by atoms with Gasteiger partial charge in [-0.3, -0.25) is 9.59 Å². The SMILES string of the molecule is COc1nc(OC)nc(N2CCC(NC(=O)[C@H](Cc3ccc(F)c(F)c3)NC(C)=O)CC2)n1. The number of rotatable bonds is 8. The summed E-state index contributed by atoms with van der Waals surface area (Å²) in [6, 6.07) is 2.63. The molecule has 1 fully saturated rings. The smallest absolute Gasteiger partial charge is 0.324 e. The van der Waals surface area contributed by atoms with E-state index >= 15 is 0 Å². The van der Waals surface area contributed by atoms with Gasteiger partial charge in [-0.2, -0.15) is 9.97 Å². The monoisotopic (exact) mass is 464 g/mol. The normalized spacial score (nSPS) is 15.0. The number of ether oxygens (including phenoxy) is 2. The summed E-state index contributed by atoms with van der Waals surface area (Å²) < 4.78 is 36.9. The molecule has 0 aliphatic carbocycles. The van der Waals surface area contributed by atoms with Crippen LogP contribution in [0.5, 0.6) is 12.0 Å². The minimum Gasteiger partial charge on any atom is -0.467 e. The third-order valence-electron chi connectivity index (χ3n) is 5.19. The molecule has 10 nitrogen and oxygen atoms in total. The van der Waals surface area contributed by atoms with Crippen molar-refractivity contribution < 1.29 is 27.8 Å². The highest BCUT2D eigenvalue weighted by atomic mass is 19.2. The Morgan fingerprint density at radius 3 is 2.27 bits per heavy atom. The molecule has 1 aliphatic heterocycles. The van der Waals surface area contributed by atoms with Crippen LogP contribution in [-0.4, -0.2) is 66.2 Å². The van der Waals surface area contributed by atoms with E-state index in [1.54, 1.807) is 0 Å². The van der Waals surface area contributed by atoms with Crippen molar-refractivity contribution in [3.8, 4) is 12.0 Å². The lowest BCUT2D eigenvalue weighted by molar-refractivity contribution is -0.128. The molecule has 2 amide bonds. The maximum Gasteiger partial charge on any atom is 0.324 e. The van der Waals surface area contributed by atoms with Gasteiger partial charge in [-0.25, -0.2) is 8.78 Å². The number of amides is 2. The maximum absolute atomic E-state index is 13.5. The lowest BCUT2D eigenvalue weighted by Gasteiger charge is -2.33. The Balaban J connectivity index is 1.61. The number of nitrogens with zero attached hydrogens (tertiary/aromatic N) is 4. The number of carbonyl (C=O) groups excluding carboxylic acids is 2. The summed E-state index contributed by atoms with van der Waals surface area (Å²) in [5.41, 5.74) is 0.398. The maximum atomic E-state index is 13.5. The van der Waals surface area contributed by atoms with Gasteiger partial charge >= 0.3 is 12.0 Å². The number of anilines is 1. The minimum absolute atomic E-state index is 0.0336. The van der Waals surface area contributed by atoms with Crippen LogP contribution in [0.3, 0.4) is 0 Å². The Morgan fingerprint density at radius 2 is 1.73 bits per heavy atom. The molecule has 3 rings (SSSR count). The largest absolute Gasteiger partial charge is 0.467 e. The molecule has 0 unspecified atom stereocenters. The van der Waals surface area contributed by atoms with Crippen molar-refractivity contribution in [2.45, 2.75) is 38.3 Å². The fourth-order valence-electron chi connectivity index (χ4n) is 3.53. The molecule has 2 heterocycles. The Morgan fingerprint density at radius 1 is 1.09 bits per heavy atom. The van der Waals surface area contributed by atoms with Crippen molar-refractivity contribution in [2.75, 3.05) is 32.2 Å². The van der Waals surface area contributed by atoms with Crippen molar-refractivity contribution in [1.82, 2.24) is 25.6 Å². The van der Waals surface area contributed by atoms with Gasteiger partial charge in [-0.05, 0) is 30.5 Å². The third kappa shape index (κ3) is 6.46. The molecular weight excluding hydrogens is 438 g/mol. The van der Waals surface area contributed by atoms with E-state index < -0.39 is 29.5 Å². The molecule has 1 aromatic carbocycles. The van der Waals surface area contributed by atoms with E-state index in [0.29, 0.717) is 37.4 Å². The van der Waals surface area contributed by atoms with E-state index in [-0.39, 0.29) is 24.5 Å². The van der Waals surface area contributed by atoms with Crippen LogP contribution in [-0.2, 0) is 16.0 Å². The highest BCUT2D eigenvalue weighted by molar-refractivity contribution is 5.87. The Hall–Kier alpha value is -3.57. The number of aromatic nitrogens is 3. The van der Waals surface area contributed by atoms with Gasteiger partial charge in [0.05, 0.1) is 14.2 Å². The van der Waals surface area contributed by atoms with Crippen molar-refractivity contribution >= 4 is 17.8 Å². The number of hydrogen-bond acceptors (Lipinski definition) is 8. The van der Waals surface area contributed by atoms with E-state index in [1.165, 1.54) is 27.2 Å². The van der Waals surface area contributed by atoms with Gasteiger partial charge in [0, 0.05) is 32.5 Å². The van der Waals surface area contributed by atoms with Crippen LogP contribution in [0.25, 0.3) is 0 Å². The molecule has 1 aliphatic rings. The lowest BCUT2D eigenvalue weighted by atomic mass is 10.0. The van der Waals surface area contributed by atoms with Gasteiger partial charge in [-0.1, -0.05) is 6.07 Å². The number of nitrogens with one attached hydrogen (secondary N) is 2. The quantitative estimate of drug-likeness (QED) is 0.594. The van der Waals surface area contributed by atoms with Crippen LogP contribution in [0.4, 0.5) is 14.7 Å². The first kappa shape index (κ1) is 24.1. The van der Waals surface area contributed by atoms with Crippen molar-refractivity contribution in [3.63, 3.8) is 0 Å². The number of halogens is 2. The number of methoxy groups -OCH3 is 2. The van der Waals surface area contributed by atoms with Gasteiger partial charge in [0.1, 0.15) is 6.04 Å². The first-order valence-electron chi connectivity index (χ1n) is 10.4. The van der Waals surface area contributed by atoms with E-state index in [4.69, 9.17) is 9.47 Å². The van der Waals surface area contributed by atoms with Crippen molar-refractivity contribution in [1.29, 1.82) is 0 Å². The van der Waals surface area contributed by atoms with Gasteiger partial charge in [0.25, 0.3) is 0 Å². The predicted octanol–water partition coefficient (Wildman–Crippen LogP) is 0.999. The molecule has 2 aromatic rings. The number of hydrogen-bond donors (Lipinski definition) is 2. The van der Waals surface area contributed by atoms with Crippen LogP contribution in [0.15, 0.2) is 18.2 Å².